The van der Waals surface area contributed by atoms with E-state index in [0.29, 0.717) is 13.2 Å². The van der Waals surface area contributed by atoms with Gasteiger partial charge in [0.1, 0.15) is 36.1 Å². The Hall–Kier alpha value is -4.10. The zero-order valence-corrected chi connectivity index (χ0v) is 23.0. The molecule has 0 amide bonds. The third-order valence-corrected chi connectivity index (χ3v) is 7.53. The number of hydrogen-bond donors (Lipinski definition) is 2. The van der Waals surface area contributed by atoms with Crippen LogP contribution in [-0.4, -0.2) is 60.6 Å². The van der Waals surface area contributed by atoms with E-state index >= 15 is 0 Å². The molecule has 4 aromatic rings. The van der Waals surface area contributed by atoms with Gasteiger partial charge in [-0.25, -0.2) is 0 Å². The minimum Gasteiger partial charge on any atom is -0.490 e. The summed E-state index contributed by atoms with van der Waals surface area (Å²) in [5, 5.41) is 0. The van der Waals surface area contributed by atoms with E-state index in [1.807, 2.05) is 61.0 Å². The van der Waals surface area contributed by atoms with Gasteiger partial charge in [-0.15, -0.1) is 0 Å². The SMILES string of the molecule is CCC1(CC)c2ccc([nH]2)C=Nc2ccccc2OCCN(C)CCOc2ccccc2N=Cc2ccc1[nH]2. The van der Waals surface area contributed by atoms with Crippen LogP contribution in [0.2, 0.25) is 0 Å². The molecule has 0 unspecified atom stereocenters. The van der Waals surface area contributed by atoms with Crippen molar-refractivity contribution >= 4 is 23.8 Å². The van der Waals surface area contributed by atoms with Crippen molar-refractivity contribution in [1.82, 2.24) is 14.9 Å². The molecule has 0 fully saturated rings. The number of aromatic amines is 2. The summed E-state index contributed by atoms with van der Waals surface area (Å²) in [7, 11) is 2.07. The zero-order chi connectivity index (χ0) is 27.1. The minimum atomic E-state index is -0.177. The third kappa shape index (κ3) is 5.99. The molecule has 5 rings (SSSR count). The van der Waals surface area contributed by atoms with Gasteiger partial charge in [0.25, 0.3) is 0 Å². The molecule has 0 spiro atoms. The number of rotatable bonds is 2. The maximum absolute atomic E-state index is 6.12. The van der Waals surface area contributed by atoms with Gasteiger partial charge in [0.15, 0.2) is 0 Å². The predicted octanol–water partition coefficient (Wildman–Crippen LogP) is 6.65. The Kier molecular flexibility index (Phi) is 8.27. The van der Waals surface area contributed by atoms with E-state index in [4.69, 9.17) is 19.5 Å². The summed E-state index contributed by atoms with van der Waals surface area (Å²) in [6.07, 6.45) is 5.64. The van der Waals surface area contributed by atoms with Gasteiger partial charge in [-0.1, -0.05) is 38.1 Å². The van der Waals surface area contributed by atoms with Gasteiger partial charge in [0, 0.05) is 29.9 Å². The summed E-state index contributed by atoms with van der Waals surface area (Å²) < 4.78 is 12.2. The summed E-state index contributed by atoms with van der Waals surface area (Å²) in [5.41, 5.74) is 5.67. The van der Waals surface area contributed by atoms with Crippen LogP contribution in [0.5, 0.6) is 11.5 Å². The molecule has 7 nitrogen and oxygen atoms in total. The molecule has 2 aromatic carbocycles. The molecule has 3 heterocycles. The monoisotopic (exact) mass is 523 g/mol. The number of ether oxygens (including phenoxy) is 2. The fraction of sp³-hybridized carbons (Fsp3) is 0.312. The molecular formula is C32H37N5O2. The molecule has 4 bridgehead atoms. The zero-order valence-electron chi connectivity index (χ0n) is 23.0. The van der Waals surface area contributed by atoms with Gasteiger partial charge in [0.2, 0.25) is 0 Å². The number of hydrogen-bond acceptors (Lipinski definition) is 5. The molecular weight excluding hydrogens is 486 g/mol. The fourth-order valence-corrected chi connectivity index (χ4v) is 5.07. The molecule has 1 aliphatic heterocycles. The van der Waals surface area contributed by atoms with Gasteiger partial charge < -0.3 is 19.4 Å². The lowest BCUT2D eigenvalue weighted by atomic mass is 9.76. The van der Waals surface area contributed by atoms with Crippen LogP contribution >= 0.6 is 0 Å². The Morgan fingerprint density at radius 1 is 0.692 bits per heavy atom. The van der Waals surface area contributed by atoms with Gasteiger partial charge in [-0.3, -0.25) is 14.9 Å². The molecule has 39 heavy (non-hydrogen) atoms. The summed E-state index contributed by atoms with van der Waals surface area (Å²) in [6.45, 7) is 7.12. The first-order valence-corrected chi connectivity index (χ1v) is 13.7. The van der Waals surface area contributed by atoms with Crippen molar-refractivity contribution in [2.24, 2.45) is 9.98 Å². The standard InChI is InChI=1S/C32H37N5O2/c1-4-32(5-2)30-16-14-24(35-30)22-33-26-10-6-8-12-28(26)38-20-18-37(3)19-21-39-29-13-9-7-11-27(29)34-23-25-15-17-31(32)36-25/h6-17,22-23,35-36H,4-5,18-21H2,1-3H3. The van der Waals surface area contributed by atoms with Crippen molar-refractivity contribution in [3.63, 3.8) is 0 Å². The topological polar surface area (TPSA) is 78.0 Å². The van der Waals surface area contributed by atoms with E-state index in [1.165, 1.54) is 0 Å². The lowest BCUT2D eigenvalue weighted by molar-refractivity contribution is 0.202. The van der Waals surface area contributed by atoms with Crippen LogP contribution in [0.25, 0.3) is 0 Å². The summed E-state index contributed by atoms with van der Waals surface area (Å²) in [5.74, 6) is 1.55. The number of likely N-dealkylation sites (N-methyl/N-ethyl adjacent to an activating group) is 1. The number of H-pyrrole nitrogens is 2. The number of aromatic nitrogens is 2. The lowest BCUT2D eigenvalue weighted by Crippen LogP contribution is -2.28. The normalized spacial score (nSPS) is 16.2. The second kappa shape index (κ2) is 12.2. The Balaban J connectivity index is 1.51. The molecule has 2 aromatic heterocycles. The second-order valence-corrected chi connectivity index (χ2v) is 9.90. The minimum absolute atomic E-state index is 0.177. The first-order chi connectivity index (χ1) is 19.1. The van der Waals surface area contributed by atoms with Crippen LogP contribution < -0.4 is 9.47 Å². The third-order valence-electron chi connectivity index (χ3n) is 7.53. The van der Waals surface area contributed by atoms with Gasteiger partial charge >= 0.3 is 0 Å². The van der Waals surface area contributed by atoms with Crippen LogP contribution in [0.3, 0.4) is 0 Å². The first kappa shape index (κ1) is 26.5. The van der Waals surface area contributed by atoms with Crippen LogP contribution in [-0.2, 0) is 5.41 Å². The van der Waals surface area contributed by atoms with E-state index in [9.17, 15) is 0 Å². The van der Waals surface area contributed by atoms with E-state index in [-0.39, 0.29) is 5.41 Å². The second-order valence-electron chi connectivity index (χ2n) is 9.90. The quantitative estimate of drug-likeness (QED) is 0.309. The summed E-state index contributed by atoms with van der Waals surface area (Å²) in [6, 6.07) is 24.3. The fourth-order valence-electron chi connectivity index (χ4n) is 5.07. The molecule has 7 heteroatoms. The summed E-state index contributed by atoms with van der Waals surface area (Å²) in [4.78, 5) is 19.0. The molecule has 0 aliphatic carbocycles. The average Bonchev–Trinajstić information content (AvgIpc) is 3.64. The molecule has 1 aliphatic rings. The molecule has 0 saturated heterocycles. The van der Waals surface area contributed by atoms with E-state index in [2.05, 4.69) is 60.0 Å². The first-order valence-electron chi connectivity index (χ1n) is 13.7. The van der Waals surface area contributed by atoms with Crippen LogP contribution in [0.15, 0.2) is 82.8 Å². The van der Waals surface area contributed by atoms with E-state index < -0.39 is 0 Å². The van der Waals surface area contributed by atoms with Gasteiger partial charge in [-0.2, -0.15) is 0 Å². The van der Waals surface area contributed by atoms with Crippen molar-refractivity contribution in [1.29, 1.82) is 0 Å². The van der Waals surface area contributed by atoms with Gasteiger partial charge in [0.05, 0.1) is 23.8 Å². The van der Waals surface area contributed by atoms with E-state index in [1.54, 1.807) is 0 Å². The maximum Gasteiger partial charge on any atom is 0.144 e. The average molecular weight is 524 g/mol. The van der Waals surface area contributed by atoms with Crippen LogP contribution in [0.4, 0.5) is 11.4 Å². The lowest BCUT2D eigenvalue weighted by Gasteiger charge is -2.30. The number of fused-ring (bicyclic) bond motifs is 6. The number of nitrogens with one attached hydrogen (secondary N) is 2. The van der Waals surface area contributed by atoms with Crippen LogP contribution in [0.1, 0.15) is 49.5 Å². The highest BCUT2D eigenvalue weighted by molar-refractivity contribution is 5.82. The highest BCUT2D eigenvalue weighted by atomic mass is 16.5. The number of nitrogens with zero attached hydrogens (tertiary/aromatic N) is 3. The van der Waals surface area contributed by atoms with Crippen LogP contribution in [0, 0.1) is 0 Å². The van der Waals surface area contributed by atoms with Gasteiger partial charge in [-0.05, 0) is 68.4 Å². The number of para-hydroxylation sites is 4. The Morgan fingerprint density at radius 2 is 1.15 bits per heavy atom. The van der Waals surface area contributed by atoms with Crippen molar-refractivity contribution in [3.8, 4) is 11.5 Å². The van der Waals surface area contributed by atoms with Crippen molar-refractivity contribution in [2.75, 3.05) is 33.4 Å². The molecule has 0 atom stereocenters. The molecule has 2 N–H and O–H groups in total. The number of benzene rings is 2. The Labute approximate surface area is 230 Å². The highest BCUT2D eigenvalue weighted by Gasteiger charge is 2.33. The summed E-state index contributed by atoms with van der Waals surface area (Å²) >= 11 is 0. The highest BCUT2D eigenvalue weighted by Crippen LogP contribution is 2.38. The largest absolute Gasteiger partial charge is 0.490 e. The Morgan fingerprint density at radius 3 is 1.62 bits per heavy atom. The molecule has 0 saturated carbocycles. The molecule has 202 valence electrons. The van der Waals surface area contributed by atoms with Crippen molar-refractivity contribution in [3.05, 3.63) is 95.6 Å². The smallest absolute Gasteiger partial charge is 0.144 e. The van der Waals surface area contributed by atoms with E-state index in [0.717, 1.165) is 71.6 Å². The van der Waals surface area contributed by atoms with Crippen molar-refractivity contribution in [2.45, 2.75) is 32.1 Å². The predicted molar refractivity (Wildman–Crippen MR) is 159 cm³/mol. The van der Waals surface area contributed by atoms with Crippen molar-refractivity contribution < 1.29 is 9.47 Å². The number of aliphatic imine (C=N–C) groups is 2. The molecule has 0 radical (unpaired) electrons. The Bertz CT molecular complexity index is 1330. The maximum atomic E-state index is 6.12.